The van der Waals surface area contributed by atoms with Gasteiger partial charge in [0.2, 0.25) is 10.0 Å². The minimum Gasteiger partial charge on any atom is -0.496 e. The van der Waals surface area contributed by atoms with E-state index < -0.39 is 28.0 Å². The van der Waals surface area contributed by atoms with E-state index in [1.165, 1.54) is 50.5 Å². The van der Waals surface area contributed by atoms with Crippen LogP contribution < -0.4 is 15.2 Å². The predicted octanol–water partition coefficient (Wildman–Crippen LogP) is 2.69. The second-order valence-corrected chi connectivity index (χ2v) is 8.33. The molecule has 0 saturated carbocycles. The molecular formula is C19H19BrN2O6S. The molecule has 8 nitrogen and oxygen atoms in total. The van der Waals surface area contributed by atoms with Gasteiger partial charge in [-0.05, 0) is 55.5 Å². The molecule has 0 radical (unpaired) electrons. The lowest BCUT2D eigenvalue weighted by Crippen LogP contribution is -2.29. The lowest BCUT2D eigenvalue weighted by atomic mass is 10.2. The quantitative estimate of drug-likeness (QED) is 0.461. The Kier molecular flexibility index (Phi) is 7.54. The molecule has 0 bridgehead atoms. The van der Waals surface area contributed by atoms with Gasteiger partial charge in [-0.3, -0.25) is 4.79 Å². The minimum atomic E-state index is -3.82. The number of ether oxygens (including phenoxy) is 2. The molecule has 1 atom stereocenters. The fourth-order valence-corrected chi connectivity index (χ4v) is 3.13. The molecule has 0 saturated heterocycles. The van der Waals surface area contributed by atoms with E-state index in [1.54, 1.807) is 18.2 Å². The molecule has 1 amide bonds. The average molecular weight is 483 g/mol. The number of halogens is 1. The normalized spacial score (nSPS) is 12.4. The zero-order valence-corrected chi connectivity index (χ0v) is 18.0. The van der Waals surface area contributed by atoms with Crippen LogP contribution in [0.25, 0.3) is 6.08 Å². The zero-order valence-electron chi connectivity index (χ0n) is 15.6. The van der Waals surface area contributed by atoms with Gasteiger partial charge in [-0.25, -0.2) is 18.4 Å². The summed E-state index contributed by atoms with van der Waals surface area (Å²) in [6.45, 7) is 1.42. The van der Waals surface area contributed by atoms with Gasteiger partial charge in [-0.1, -0.05) is 15.9 Å². The van der Waals surface area contributed by atoms with Gasteiger partial charge in [0.05, 0.1) is 12.0 Å². The van der Waals surface area contributed by atoms with Crippen LogP contribution in [0.4, 0.5) is 5.69 Å². The van der Waals surface area contributed by atoms with Gasteiger partial charge >= 0.3 is 5.97 Å². The third-order valence-electron chi connectivity index (χ3n) is 3.70. The highest BCUT2D eigenvalue weighted by molar-refractivity contribution is 9.10. The molecule has 154 valence electrons. The van der Waals surface area contributed by atoms with Crippen molar-refractivity contribution < 1.29 is 27.5 Å². The van der Waals surface area contributed by atoms with Crippen molar-refractivity contribution in [3.63, 3.8) is 0 Å². The summed E-state index contributed by atoms with van der Waals surface area (Å²) in [5.41, 5.74) is 0.991. The van der Waals surface area contributed by atoms with Crippen LogP contribution >= 0.6 is 15.9 Å². The first-order valence-corrected chi connectivity index (χ1v) is 10.6. The van der Waals surface area contributed by atoms with Crippen molar-refractivity contribution in [2.45, 2.75) is 17.9 Å². The number of benzene rings is 2. The summed E-state index contributed by atoms with van der Waals surface area (Å²) in [4.78, 5) is 24.1. The summed E-state index contributed by atoms with van der Waals surface area (Å²) in [6, 6.07) is 10.6. The molecule has 0 spiro atoms. The van der Waals surface area contributed by atoms with Crippen LogP contribution in [0.1, 0.15) is 12.5 Å². The number of anilines is 1. The number of nitrogens with two attached hydrogens (primary N) is 1. The fourth-order valence-electron chi connectivity index (χ4n) is 2.23. The van der Waals surface area contributed by atoms with Crippen molar-refractivity contribution in [2.24, 2.45) is 5.14 Å². The summed E-state index contributed by atoms with van der Waals surface area (Å²) >= 11 is 3.34. The third kappa shape index (κ3) is 6.70. The van der Waals surface area contributed by atoms with E-state index >= 15 is 0 Å². The van der Waals surface area contributed by atoms with Crippen LogP contribution in [-0.2, 0) is 24.3 Å². The van der Waals surface area contributed by atoms with E-state index in [4.69, 9.17) is 14.6 Å². The van der Waals surface area contributed by atoms with Gasteiger partial charge in [0.25, 0.3) is 5.91 Å². The summed E-state index contributed by atoms with van der Waals surface area (Å²) in [5, 5.41) is 7.54. The number of nitrogens with one attached hydrogen (secondary N) is 1. The monoisotopic (exact) mass is 482 g/mol. The number of primary sulfonamides is 1. The van der Waals surface area contributed by atoms with E-state index in [-0.39, 0.29) is 4.90 Å². The fraction of sp³-hybridized carbons (Fsp3) is 0.158. The van der Waals surface area contributed by atoms with Crippen molar-refractivity contribution in [1.82, 2.24) is 0 Å². The van der Waals surface area contributed by atoms with Crippen LogP contribution in [0.3, 0.4) is 0 Å². The van der Waals surface area contributed by atoms with Crippen LogP contribution in [0.15, 0.2) is 57.9 Å². The molecule has 1 unspecified atom stereocenters. The molecule has 0 heterocycles. The summed E-state index contributed by atoms with van der Waals surface area (Å²) in [5.74, 6) is -0.708. The first-order valence-electron chi connectivity index (χ1n) is 8.26. The third-order valence-corrected chi connectivity index (χ3v) is 5.13. The number of methoxy groups -OCH3 is 1. The highest BCUT2D eigenvalue weighted by Crippen LogP contribution is 2.24. The maximum Gasteiger partial charge on any atom is 0.331 e. The number of amides is 1. The van der Waals surface area contributed by atoms with Crippen LogP contribution in [0, 0.1) is 0 Å². The summed E-state index contributed by atoms with van der Waals surface area (Å²) in [6.07, 6.45) is 1.63. The van der Waals surface area contributed by atoms with E-state index in [1.807, 2.05) is 0 Å². The van der Waals surface area contributed by atoms with Crippen molar-refractivity contribution >= 4 is 49.6 Å². The number of carbonyl (C=O) groups excluding carboxylic acids is 2. The van der Waals surface area contributed by atoms with Crippen molar-refractivity contribution in [1.29, 1.82) is 0 Å². The number of esters is 1. The smallest absolute Gasteiger partial charge is 0.331 e. The van der Waals surface area contributed by atoms with Gasteiger partial charge < -0.3 is 14.8 Å². The van der Waals surface area contributed by atoms with Gasteiger partial charge in [-0.15, -0.1) is 0 Å². The van der Waals surface area contributed by atoms with E-state index in [0.29, 0.717) is 17.0 Å². The number of rotatable bonds is 7. The van der Waals surface area contributed by atoms with Gasteiger partial charge in [0, 0.05) is 21.8 Å². The van der Waals surface area contributed by atoms with Crippen molar-refractivity contribution in [2.75, 3.05) is 12.4 Å². The topological polar surface area (TPSA) is 125 Å². The first kappa shape index (κ1) is 22.6. The molecule has 0 aliphatic carbocycles. The number of sulfonamides is 1. The zero-order chi connectivity index (χ0) is 21.6. The molecule has 29 heavy (non-hydrogen) atoms. The maximum absolute atomic E-state index is 12.2. The first-order chi connectivity index (χ1) is 13.6. The van der Waals surface area contributed by atoms with Crippen molar-refractivity contribution in [3.8, 4) is 5.75 Å². The van der Waals surface area contributed by atoms with E-state index in [9.17, 15) is 18.0 Å². The Morgan fingerprint density at radius 1 is 1.17 bits per heavy atom. The molecule has 0 aromatic heterocycles. The Morgan fingerprint density at radius 2 is 1.83 bits per heavy atom. The molecule has 2 rings (SSSR count). The molecule has 0 fully saturated rings. The van der Waals surface area contributed by atoms with Gasteiger partial charge in [0.15, 0.2) is 6.10 Å². The summed E-state index contributed by atoms with van der Waals surface area (Å²) in [7, 11) is -2.30. The lowest BCUT2D eigenvalue weighted by molar-refractivity contribution is -0.148. The molecule has 10 heteroatoms. The van der Waals surface area contributed by atoms with E-state index in [0.717, 1.165) is 4.47 Å². The highest BCUT2D eigenvalue weighted by atomic mass is 79.9. The second-order valence-electron chi connectivity index (χ2n) is 5.86. The maximum atomic E-state index is 12.2. The predicted molar refractivity (Wildman–Crippen MR) is 112 cm³/mol. The number of carbonyl (C=O) groups is 2. The van der Waals surface area contributed by atoms with Crippen LogP contribution in [0.5, 0.6) is 5.75 Å². The minimum absolute atomic E-state index is 0.0805. The number of hydrogen-bond acceptors (Lipinski definition) is 6. The summed E-state index contributed by atoms with van der Waals surface area (Å²) < 4.78 is 33.6. The second kappa shape index (κ2) is 9.68. The molecule has 2 aromatic carbocycles. The Labute approximate surface area is 176 Å². The van der Waals surface area contributed by atoms with Gasteiger partial charge in [0.1, 0.15) is 5.75 Å². The standard InChI is InChI=1S/C19H19BrN2O6S/c1-12(19(24)22-15-5-7-16(8-6-15)29(21,25)26)28-18(23)10-3-13-11-14(20)4-9-17(13)27-2/h3-12H,1-2H3,(H,22,24)(H2,21,25,26)/b10-3+. The Balaban J connectivity index is 1.97. The number of hydrogen-bond donors (Lipinski definition) is 2. The SMILES string of the molecule is COc1ccc(Br)cc1/C=C/C(=O)OC(C)C(=O)Nc1ccc(S(N)(=O)=O)cc1. The Morgan fingerprint density at radius 3 is 2.41 bits per heavy atom. The Bertz CT molecular complexity index is 1040. The lowest BCUT2D eigenvalue weighted by Gasteiger charge is -2.12. The largest absolute Gasteiger partial charge is 0.496 e. The molecule has 2 aromatic rings. The van der Waals surface area contributed by atoms with Crippen molar-refractivity contribution in [3.05, 3.63) is 58.6 Å². The Hall–Kier alpha value is -2.69. The molecule has 0 aliphatic rings. The van der Waals surface area contributed by atoms with Gasteiger partial charge in [-0.2, -0.15) is 0 Å². The van der Waals surface area contributed by atoms with E-state index in [2.05, 4.69) is 21.2 Å². The van der Waals surface area contributed by atoms with Crippen LogP contribution in [-0.4, -0.2) is 33.5 Å². The average Bonchev–Trinajstić information content (AvgIpc) is 2.66. The molecule has 3 N–H and O–H groups in total. The molecule has 0 aliphatic heterocycles. The van der Waals surface area contributed by atoms with Crippen LogP contribution in [0.2, 0.25) is 0 Å². The highest BCUT2D eigenvalue weighted by Gasteiger charge is 2.17. The molecular weight excluding hydrogens is 464 g/mol.